The first kappa shape index (κ1) is 21.0. The van der Waals surface area contributed by atoms with Crippen molar-refractivity contribution < 1.29 is 10.1 Å². The molecule has 0 spiro atoms. The molecule has 0 amide bonds. The highest BCUT2D eigenvalue weighted by Gasteiger charge is 2.52. The second kappa shape index (κ2) is 7.87. The van der Waals surface area contributed by atoms with Crippen LogP contribution in [-0.4, -0.2) is 10.9 Å². The van der Waals surface area contributed by atoms with Crippen LogP contribution in [0.1, 0.15) is 113 Å². The van der Waals surface area contributed by atoms with Gasteiger partial charge in [-0.2, -0.15) is 0 Å². The molecule has 1 fully saturated rings. The van der Waals surface area contributed by atoms with Crippen LogP contribution in [0.3, 0.4) is 0 Å². The Bertz CT molecular complexity index is 320. The first-order chi connectivity index (χ1) is 10.5. The summed E-state index contributed by atoms with van der Waals surface area (Å²) in [7, 11) is 0. The zero-order chi connectivity index (χ0) is 17.8. The largest absolute Gasteiger partial charge is 0.251 e. The Labute approximate surface area is 145 Å². The van der Waals surface area contributed by atoms with Gasteiger partial charge in [0, 0.05) is 0 Å². The van der Waals surface area contributed by atoms with Crippen molar-refractivity contribution in [1.82, 2.24) is 0 Å². The highest BCUT2D eigenvalue weighted by molar-refractivity contribution is 5.00. The minimum atomic E-state index is -0.498. The Hall–Kier alpha value is -0.0800. The molecule has 0 aromatic heterocycles. The average Bonchev–Trinajstić information content (AvgIpc) is 2.42. The lowest BCUT2D eigenvalue weighted by molar-refractivity contribution is -0.379. The van der Waals surface area contributed by atoms with E-state index in [1.54, 1.807) is 0 Å². The summed E-state index contributed by atoms with van der Waals surface area (Å²) < 4.78 is 0. The van der Waals surface area contributed by atoms with E-state index in [0.29, 0.717) is 5.41 Å². The summed E-state index contributed by atoms with van der Waals surface area (Å²) in [5.41, 5.74) is -0.124. The van der Waals surface area contributed by atoms with Crippen LogP contribution < -0.4 is 0 Å². The van der Waals surface area contributed by atoms with Crippen LogP contribution in [0.15, 0.2) is 0 Å². The van der Waals surface area contributed by atoms with Crippen molar-refractivity contribution in [2.75, 3.05) is 0 Å². The van der Waals surface area contributed by atoms with Gasteiger partial charge in [0.1, 0.15) is 5.60 Å². The van der Waals surface area contributed by atoms with Gasteiger partial charge in [0.05, 0.1) is 0 Å². The zero-order valence-corrected chi connectivity index (χ0v) is 16.9. The maximum atomic E-state index is 9.85. The van der Waals surface area contributed by atoms with Crippen LogP contribution in [0.5, 0.6) is 0 Å². The second-order valence-corrected chi connectivity index (χ2v) is 10.1. The molecule has 0 atom stereocenters. The Balaban J connectivity index is 2.82. The summed E-state index contributed by atoms with van der Waals surface area (Å²) >= 11 is 0. The van der Waals surface area contributed by atoms with Crippen molar-refractivity contribution in [3.8, 4) is 0 Å². The molecular formula is C21H42O2. The topological polar surface area (TPSA) is 29.5 Å². The number of hydrogen-bond donors (Lipinski definition) is 1. The van der Waals surface area contributed by atoms with Gasteiger partial charge in [0.25, 0.3) is 0 Å². The summed E-state index contributed by atoms with van der Waals surface area (Å²) in [5.74, 6) is 0. The van der Waals surface area contributed by atoms with Crippen molar-refractivity contribution in [2.24, 2.45) is 16.2 Å². The van der Waals surface area contributed by atoms with Gasteiger partial charge in [-0.25, -0.2) is 4.89 Å². The molecule has 23 heavy (non-hydrogen) atoms. The Morgan fingerprint density at radius 2 is 1.39 bits per heavy atom. The molecule has 0 aliphatic heterocycles. The van der Waals surface area contributed by atoms with Crippen LogP contribution in [0, 0.1) is 16.2 Å². The minimum Gasteiger partial charge on any atom is -0.251 e. The zero-order valence-electron chi connectivity index (χ0n) is 16.9. The highest BCUT2D eigenvalue weighted by Crippen LogP contribution is 2.51. The summed E-state index contributed by atoms with van der Waals surface area (Å²) in [5, 5.41) is 9.85. The lowest BCUT2D eigenvalue weighted by Gasteiger charge is -2.51. The monoisotopic (exact) mass is 326 g/mol. The molecule has 0 aromatic rings. The summed E-state index contributed by atoms with van der Waals surface area (Å²) in [4.78, 5) is 5.25. The predicted molar refractivity (Wildman–Crippen MR) is 99.6 cm³/mol. The van der Waals surface area contributed by atoms with E-state index in [0.717, 1.165) is 12.8 Å². The lowest BCUT2D eigenvalue weighted by Crippen LogP contribution is -2.54. The second-order valence-electron chi connectivity index (χ2n) is 10.1. The SMILES string of the molecule is CCCC1(CCCC(OO)(C(C)(C)C)C(C)(C)C)CCCCC1. The Kier molecular flexibility index (Phi) is 7.17. The molecule has 0 bridgehead atoms. The van der Waals surface area contributed by atoms with Gasteiger partial charge in [0.15, 0.2) is 0 Å². The fourth-order valence-corrected chi connectivity index (χ4v) is 5.36. The minimum absolute atomic E-state index is 0.0928. The first-order valence-corrected chi connectivity index (χ1v) is 9.86. The number of hydrogen-bond acceptors (Lipinski definition) is 2. The van der Waals surface area contributed by atoms with Gasteiger partial charge in [-0.1, -0.05) is 74.1 Å². The van der Waals surface area contributed by atoms with E-state index in [2.05, 4.69) is 48.5 Å². The van der Waals surface area contributed by atoms with Gasteiger partial charge in [-0.05, 0) is 54.8 Å². The number of rotatable bonds is 7. The first-order valence-electron chi connectivity index (χ1n) is 9.86. The molecule has 1 rings (SSSR count). The third kappa shape index (κ3) is 4.72. The molecule has 138 valence electrons. The standard InChI is InChI=1S/C21H42O2/c1-8-13-20(14-10-9-11-15-20)16-12-17-21(23-22,18(2,3)4)19(5,6)7/h22H,8-17H2,1-7H3. The van der Waals surface area contributed by atoms with Crippen molar-refractivity contribution in [3.63, 3.8) is 0 Å². The molecule has 2 nitrogen and oxygen atoms in total. The van der Waals surface area contributed by atoms with Crippen molar-refractivity contribution in [3.05, 3.63) is 0 Å². The molecule has 0 saturated heterocycles. The maximum absolute atomic E-state index is 9.85. The molecule has 0 aromatic carbocycles. The summed E-state index contributed by atoms with van der Waals surface area (Å²) in [6, 6.07) is 0. The Morgan fingerprint density at radius 3 is 1.78 bits per heavy atom. The molecular weight excluding hydrogens is 284 g/mol. The van der Waals surface area contributed by atoms with Crippen LogP contribution in [0.25, 0.3) is 0 Å². The smallest absolute Gasteiger partial charge is 0.113 e. The van der Waals surface area contributed by atoms with E-state index in [-0.39, 0.29) is 10.8 Å². The van der Waals surface area contributed by atoms with E-state index in [4.69, 9.17) is 4.89 Å². The summed E-state index contributed by atoms with van der Waals surface area (Å²) in [6.07, 6.45) is 13.1. The normalized spacial score (nSPS) is 19.8. The van der Waals surface area contributed by atoms with E-state index in [1.807, 2.05) is 0 Å². The molecule has 0 unspecified atom stereocenters. The fraction of sp³-hybridized carbons (Fsp3) is 1.00. The van der Waals surface area contributed by atoms with Crippen LogP contribution in [0.2, 0.25) is 0 Å². The van der Waals surface area contributed by atoms with Crippen LogP contribution in [-0.2, 0) is 4.89 Å². The molecule has 1 N–H and O–H groups in total. The third-order valence-corrected chi connectivity index (χ3v) is 6.51. The molecule has 1 saturated carbocycles. The average molecular weight is 327 g/mol. The molecule has 2 heteroatoms. The molecule has 1 aliphatic carbocycles. The van der Waals surface area contributed by atoms with E-state index < -0.39 is 5.60 Å². The van der Waals surface area contributed by atoms with Gasteiger partial charge >= 0.3 is 0 Å². The Morgan fingerprint density at radius 1 is 0.870 bits per heavy atom. The van der Waals surface area contributed by atoms with E-state index in [1.165, 1.54) is 51.4 Å². The van der Waals surface area contributed by atoms with Crippen molar-refractivity contribution in [1.29, 1.82) is 0 Å². The van der Waals surface area contributed by atoms with Gasteiger partial charge < -0.3 is 0 Å². The van der Waals surface area contributed by atoms with E-state index >= 15 is 0 Å². The highest BCUT2D eigenvalue weighted by atomic mass is 17.1. The quantitative estimate of drug-likeness (QED) is 0.395. The molecule has 1 aliphatic rings. The summed E-state index contributed by atoms with van der Waals surface area (Å²) in [6.45, 7) is 15.5. The van der Waals surface area contributed by atoms with Gasteiger partial charge in [-0.15, -0.1) is 0 Å². The predicted octanol–water partition coefficient (Wildman–Crippen LogP) is 7.23. The van der Waals surface area contributed by atoms with Gasteiger partial charge in [-0.3, -0.25) is 5.26 Å². The third-order valence-electron chi connectivity index (χ3n) is 6.51. The van der Waals surface area contributed by atoms with Gasteiger partial charge in [0.2, 0.25) is 0 Å². The van der Waals surface area contributed by atoms with E-state index in [9.17, 15) is 5.26 Å². The van der Waals surface area contributed by atoms with Crippen LogP contribution in [0.4, 0.5) is 0 Å². The molecule has 0 radical (unpaired) electrons. The lowest BCUT2D eigenvalue weighted by atomic mass is 9.59. The van der Waals surface area contributed by atoms with Crippen LogP contribution >= 0.6 is 0 Å². The maximum Gasteiger partial charge on any atom is 0.113 e. The fourth-order valence-electron chi connectivity index (χ4n) is 5.36. The van der Waals surface area contributed by atoms with Crippen molar-refractivity contribution >= 4 is 0 Å². The molecule has 0 heterocycles. The van der Waals surface area contributed by atoms with Crippen molar-refractivity contribution in [2.45, 2.75) is 118 Å².